The molecule has 112 valence electrons. The summed E-state index contributed by atoms with van der Waals surface area (Å²) in [5.74, 6) is -0.573. The normalized spacial score (nSPS) is 16.9. The zero-order valence-corrected chi connectivity index (χ0v) is 11.9. The molecule has 1 fully saturated rings. The van der Waals surface area contributed by atoms with Gasteiger partial charge in [-0.2, -0.15) is 4.31 Å². The van der Waals surface area contributed by atoms with Gasteiger partial charge < -0.3 is 10.8 Å². The number of halogens is 1. The fourth-order valence-electron chi connectivity index (χ4n) is 2.67. The molecule has 0 heterocycles. The van der Waals surface area contributed by atoms with Crippen molar-refractivity contribution in [1.82, 2.24) is 4.31 Å². The van der Waals surface area contributed by atoms with Crippen molar-refractivity contribution < 1.29 is 17.9 Å². The van der Waals surface area contributed by atoms with Crippen molar-refractivity contribution in [2.24, 2.45) is 0 Å². The van der Waals surface area contributed by atoms with Crippen LogP contribution in [0.3, 0.4) is 0 Å². The van der Waals surface area contributed by atoms with Gasteiger partial charge in [0.2, 0.25) is 10.0 Å². The van der Waals surface area contributed by atoms with Crippen LogP contribution in [0.4, 0.5) is 10.1 Å². The quantitative estimate of drug-likeness (QED) is 0.804. The molecule has 1 saturated carbocycles. The van der Waals surface area contributed by atoms with Crippen LogP contribution in [0.25, 0.3) is 0 Å². The van der Waals surface area contributed by atoms with E-state index in [4.69, 9.17) is 10.8 Å². The number of hydrogen-bond acceptors (Lipinski definition) is 4. The zero-order valence-electron chi connectivity index (χ0n) is 11.1. The predicted octanol–water partition coefficient (Wildman–Crippen LogP) is 1.33. The maximum atomic E-state index is 13.1. The number of nitrogen functional groups attached to an aromatic ring is 1. The average molecular weight is 302 g/mol. The molecule has 0 aromatic heterocycles. The van der Waals surface area contributed by atoms with Gasteiger partial charge in [-0.1, -0.05) is 12.8 Å². The highest BCUT2D eigenvalue weighted by molar-refractivity contribution is 7.89. The molecule has 0 bridgehead atoms. The summed E-state index contributed by atoms with van der Waals surface area (Å²) >= 11 is 0. The molecule has 5 nitrogen and oxygen atoms in total. The molecular formula is C13H19FN2O3S. The lowest BCUT2D eigenvalue weighted by atomic mass is 10.2. The van der Waals surface area contributed by atoms with Gasteiger partial charge in [0.05, 0.1) is 12.3 Å². The lowest BCUT2D eigenvalue weighted by Gasteiger charge is -2.27. The summed E-state index contributed by atoms with van der Waals surface area (Å²) in [6.07, 6.45) is 3.50. The highest BCUT2D eigenvalue weighted by Crippen LogP contribution is 2.30. The van der Waals surface area contributed by atoms with E-state index < -0.39 is 15.8 Å². The van der Waals surface area contributed by atoms with E-state index in [-0.39, 0.29) is 29.8 Å². The fraction of sp³-hybridized carbons (Fsp3) is 0.538. The molecule has 2 rings (SSSR count). The maximum Gasteiger partial charge on any atom is 0.245 e. The van der Waals surface area contributed by atoms with Crippen LogP contribution in [0.1, 0.15) is 25.7 Å². The molecule has 0 radical (unpaired) electrons. The van der Waals surface area contributed by atoms with Crippen LogP contribution in [-0.4, -0.2) is 37.0 Å². The van der Waals surface area contributed by atoms with Gasteiger partial charge in [-0.05, 0) is 31.0 Å². The Bertz CT molecular complexity index is 571. The fourth-order valence-corrected chi connectivity index (χ4v) is 4.45. The molecule has 1 aromatic rings. The standard InChI is InChI=1S/C13H19FN2O3S/c14-10-5-6-13(12(15)9-10)20(18,19)16(7-8-17)11-3-1-2-4-11/h5-6,9,11,17H,1-4,7-8,15H2. The van der Waals surface area contributed by atoms with Crippen LogP contribution in [0, 0.1) is 5.82 Å². The first-order chi connectivity index (χ1) is 9.46. The Morgan fingerprint density at radius 3 is 2.55 bits per heavy atom. The van der Waals surface area contributed by atoms with Gasteiger partial charge in [-0.15, -0.1) is 0 Å². The second-order valence-electron chi connectivity index (χ2n) is 4.96. The highest BCUT2D eigenvalue weighted by atomic mass is 32.2. The molecular weight excluding hydrogens is 283 g/mol. The second kappa shape index (κ2) is 6.07. The minimum Gasteiger partial charge on any atom is -0.398 e. The summed E-state index contributed by atoms with van der Waals surface area (Å²) < 4.78 is 39.7. The summed E-state index contributed by atoms with van der Waals surface area (Å²) in [7, 11) is -3.81. The van der Waals surface area contributed by atoms with E-state index in [1.807, 2.05) is 0 Å². The van der Waals surface area contributed by atoms with E-state index in [0.29, 0.717) is 0 Å². The van der Waals surface area contributed by atoms with Crippen LogP contribution in [0.5, 0.6) is 0 Å². The molecule has 20 heavy (non-hydrogen) atoms. The van der Waals surface area contributed by atoms with E-state index >= 15 is 0 Å². The molecule has 0 aliphatic heterocycles. The topological polar surface area (TPSA) is 83.6 Å². The number of aliphatic hydroxyl groups is 1. The van der Waals surface area contributed by atoms with Crippen LogP contribution in [-0.2, 0) is 10.0 Å². The minimum atomic E-state index is -3.81. The smallest absolute Gasteiger partial charge is 0.245 e. The Morgan fingerprint density at radius 1 is 1.35 bits per heavy atom. The van der Waals surface area contributed by atoms with Crippen LogP contribution >= 0.6 is 0 Å². The van der Waals surface area contributed by atoms with Crippen molar-refractivity contribution in [2.75, 3.05) is 18.9 Å². The SMILES string of the molecule is Nc1cc(F)ccc1S(=O)(=O)N(CCO)C1CCCC1. The van der Waals surface area contributed by atoms with E-state index in [9.17, 15) is 12.8 Å². The van der Waals surface area contributed by atoms with Gasteiger partial charge >= 0.3 is 0 Å². The lowest BCUT2D eigenvalue weighted by molar-refractivity contribution is 0.226. The first-order valence-electron chi connectivity index (χ1n) is 6.64. The number of aliphatic hydroxyl groups excluding tert-OH is 1. The number of benzene rings is 1. The lowest BCUT2D eigenvalue weighted by Crippen LogP contribution is -2.40. The zero-order chi connectivity index (χ0) is 14.8. The Balaban J connectivity index is 2.39. The van der Waals surface area contributed by atoms with Crippen molar-refractivity contribution in [3.63, 3.8) is 0 Å². The minimum absolute atomic E-state index is 0.0316. The van der Waals surface area contributed by atoms with Crippen molar-refractivity contribution >= 4 is 15.7 Å². The number of hydrogen-bond donors (Lipinski definition) is 2. The van der Waals surface area contributed by atoms with E-state index in [2.05, 4.69) is 0 Å². The number of rotatable bonds is 5. The van der Waals surface area contributed by atoms with Crippen LogP contribution < -0.4 is 5.73 Å². The van der Waals surface area contributed by atoms with E-state index in [0.717, 1.165) is 37.8 Å². The van der Waals surface area contributed by atoms with Crippen molar-refractivity contribution in [3.8, 4) is 0 Å². The number of nitrogens with zero attached hydrogens (tertiary/aromatic N) is 1. The van der Waals surface area contributed by atoms with E-state index in [1.54, 1.807) is 0 Å². The van der Waals surface area contributed by atoms with Gasteiger partial charge in [0, 0.05) is 12.6 Å². The first-order valence-corrected chi connectivity index (χ1v) is 8.08. The first kappa shape index (κ1) is 15.2. The highest BCUT2D eigenvalue weighted by Gasteiger charge is 2.33. The third kappa shape index (κ3) is 2.94. The monoisotopic (exact) mass is 302 g/mol. The van der Waals surface area contributed by atoms with Gasteiger partial charge in [-0.25, -0.2) is 12.8 Å². The summed E-state index contributed by atoms with van der Waals surface area (Å²) in [5.41, 5.74) is 5.53. The van der Waals surface area contributed by atoms with Gasteiger partial charge in [0.15, 0.2) is 0 Å². The average Bonchev–Trinajstić information content (AvgIpc) is 2.88. The predicted molar refractivity (Wildman–Crippen MR) is 74.0 cm³/mol. The molecule has 0 saturated heterocycles. The molecule has 0 amide bonds. The molecule has 1 aliphatic carbocycles. The molecule has 3 N–H and O–H groups in total. The van der Waals surface area contributed by atoms with Crippen molar-refractivity contribution in [1.29, 1.82) is 0 Å². The second-order valence-corrected chi connectivity index (χ2v) is 6.82. The third-order valence-electron chi connectivity index (χ3n) is 3.61. The number of anilines is 1. The van der Waals surface area contributed by atoms with Crippen LogP contribution in [0.15, 0.2) is 23.1 Å². The third-order valence-corrected chi connectivity index (χ3v) is 5.64. The Kier molecular flexibility index (Phi) is 4.62. The molecule has 1 aromatic carbocycles. The van der Waals surface area contributed by atoms with Gasteiger partial charge in [-0.3, -0.25) is 0 Å². The van der Waals surface area contributed by atoms with Crippen LogP contribution in [0.2, 0.25) is 0 Å². The van der Waals surface area contributed by atoms with Gasteiger partial charge in [0.1, 0.15) is 10.7 Å². The molecule has 0 unspecified atom stereocenters. The largest absolute Gasteiger partial charge is 0.398 e. The number of nitrogens with two attached hydrogens (primary N) is 1. The van der Waals surface area contributed by atoms with E-state index in [1.165, 1.54) is 10.4 Å². The molecule has 0 atom stereocenters. The maximum absolute atomic E-state index is 13.1. The summed E-state index contributed by atoms with van der Waals surface area (Å²) in [6, 6.07) is 3.14. The Labute approximate surface area is 118 Å². The summed E-state index contributed by atoms with van der Waals surface area (Å²) in [6.45, 7) is -0.222. The molecule has 0 spiro atoms. The Hall–Kier alpha value is -1.18. The van der Waals surface area contributed by atoms with Crippen molar-refractivity contribution in [2.45, 2.75) is 36.6 Å². The summed E-state index contributed by atoms with van der Waals surface area (Å²) in [4.78, 5) is -0.0979. The molecule has 7 heteroatoms. The van der Waals surface area contributed by atoms with Gasteiger partial charge in [0.25, 0.3) is 0 Å². The Morgan fingerprint density at radius 2 is 2.00 bits per heavy atom. The summed E-state index contributed by atoms with van der Waals surface area (Å²) in [5, 5.41) is 9.12. The van der Waals surface area contributed by atoms with Crippen molar-refractivity contribution in [3.05, 3.63) is 24.0 Å². The number of sulfonamides is 1. The molecule has 1 aliphatic rings.